The van der Waals surface area contributed by atoms with Crippen LogP contribution in [0.25, 0.3) is 0 Å². The minimum atomic E-state index is -2.70. The van der Waals surface area contributed by atoms with Crippen LogP contribution in [-0.2, 0) is 4.79 Å². The number of pyridine rings is 1. The van der Waals surface area contributed by atoms with Gasteiger partial charge in [-0.25, -0.2) is 8.78 Å². The van der Waals surface area contributed by atoms with Crippen molar-refractivity contribution in [3.8, 4) is 0 Å². The SMILES string of the molecule is CC(C)(C(=O)Nc1cccnc1)C(F)F. The van der Waals surface area contributed by atoms with Crippen molar-refractivity contribution in [1.29, 1.82) is 0 Å². The Morgan fingerprint density at radius 1 is 1.53 bits per heavy atom. The van der Waals surface area contributed by atoms with Crippen molar-refractivity contribution in [2.75, 3.05) is 5.32 Å². The molecule has 5 heteroatoms. The summed E-state index contributed by atoms with van der Waals surface area (Å²) >= 11 is 0. The Morgan fingerprint density at radius 3 is 2.67 bits per heavy atom. The van der Waals surface area contributed by atoms with E-state index in [9.17, 15) is 13.6 Å². The third-order valence-corrected chi connectivity index (χ3v) is 2.05. The summed E-state index contributed by atoms with van der Waals surface area (Å²) in [6.07, 6.45) is 0.238. The van der Waals surface area contributed by atoms with Crippen LogP contribution in [0.2, 0.25) is 0 Å². The minimum Gasteiger partial charge on any atom is -0.324 e. The molecule has 0 fully saturated rings. The molecule has 1 aromatic heterocycles. The molecule has 0 bridgehead atoms. The van der Waals surface area contributed by atoms with E-state index in [1.54, 1.807) is 12.1 Å². The molecule has 0 aliphatic heterocycles. The molecular weight excluding hydrogens is 202 g/mol. The van der Waals surface area contributed by atoms with Gasteiger partial charge in [-0.2, -0.15) is 0 Å². The van der Waals surface area contributed by atoms with E-state index in [-0.39, 0.29) is 0 Å². The maximum Gasteiger partial charge on any atom is 0.252 e. The Morgan fingerprint density at radius 2 is 2.20 bits per heavy atom. The van der Waals surface area contributed by atoms with Crippen LogP contribution in [0.3, 0.4) is 0 Å². The van der Waals surface area contributed by atoms with Crippen LogP contribution < -0.4 is 5.32 Å². The fraction of sp³-hybridized carbons (Fsp3) is 0.400. The van der Waals surface area contributed by atoms with Crippen molar-refractivity contribution < 1.29 is 13.6 Å². The van der Waals surface area contributed by atoms with E-state index in [0.717, 1.165) is 0 Å². The first-order valence-electron chi connectivity index (χ1n) is 4.44. The van der Waals surface area contributed by atoms with Gasteiger partial charge in [-0.1, -0.05) is 0 Å². The molecule has 1 N–H and O–H groups in total. The fourth-order valence-electron chi connectivity index (χ4n) is 0.828. The van der Waals surface area contributed by atoms with E-state index in [2.05, 4.69) is 10.3 Å². The van der Waals surface area contributed by atoms with E-state index < -0.39 is 17.7 Å². The summed E-state index contributed by atoms with van der Waals surface area (Å²) in [5, 5.41) is 2.38. The quantitative estimate of drug-likeness (QED) is 0.838. The molecule has 1 aromatic rings. The molecule has 0 spiro atoms. The predicted octanol–water partition coefficient (Wildman–Crippen LogP) is 2.31. The zero-order valence-corrected chi connectivity index (χ0v) is 8.50. The van der Waals surface area contributed by atoms with Gasteiger partial charge in [0.25, 0.3) is 6.43 Å². The summed E-state index contributed by atoms with van der Waals surface area (Å²) in [6.45, 7) is 2.40. The Bertz CT molecular complexity index is 339. The van der Waals surface area contributed by atoms with Gasteiger partial charge in [-0.3, -0.25) is 9.78 Å². The molecule has 0 saturated carbocycles. The standard InChI is InChI=1S/C10H12F2N2O/c1-10(2,8(11)12)9(15)14-7-4-3-5-13-6-7/h3-6,8H,1-2H3,(H,14,15). The number of carbonyl (C=O) groups is 1. The Labute approximate surface area is 86.5 Å². The second kappa shape index (κ2) is 4.33. The average molecular weight is 214 g/mol. The number of nitrogens with zero attached hydrogens (tertiary/aromatic N) is 1. The largest absolute Gasteiger partial charge is 0.324 e. The maximum atomic E-state index is 12.5. The summed E-state index contributed by atoms with van der Waals surface area (Å²) in [5.74, 6) is -0.717. The smallest absolute Gasteiger partial charge is 0.252 e. The highest BCUT2D eigenvalue weighted by atomic mass is 19.3. The molecule has 0 aromatic carbocycles. The molecule has 15 heavy (non-hydrogen) atoms. The summed E-state index contributed by atoms with van der Waals surface area (Å²) in [4.78, 5) is 15.2. The maximum absolute atomic E-state index is 12.5. The molecule has 0 atom stereocenters. The Kier molecular flexibility index (Phi) is 3.34. The van der Waals surface area contributed by atoms with Crippen LogP contribution >= 0.6 is 0 Å². The molecule has 0 unspecified atom stereocenters. The number of nitrogens with one attached hydrogen (secondary N) is 1. The second-order valence-corrected chi connectivity index (χ2v) is 3.72. The third-order valence-electron chi connectivity index (χ3n) is 2.05. The van der Waals surface area contributed by atoms with Gasteiger partial charge in [-0.15, -0.1) is 0 Å². The summed E-state index contributed by atoms with van der Waals surface area (Å²) in [6, 6.07) is 3.21. The number of aromatic nitrogens is 1. The van der Waals surface area contributed by atoms with Crippen molar-refractivity contribution in [2.45, 2.75) is 20.3 Å². The highest BCUT2D eigenvalue weighted by Gasteiger charge is 2.37. The lowest BCUT2D eigenvalue weighted by molar-refractivity contribution is -0.131. The number of hydrogen-bond donors (Lipinski definition) is 1. The lowest BCUT2D eigenvalue weighted by atomic mass is 9.93. The molecule has 0 aliphatic carbocycles. The minimum absolute atomic E-state index is 0.413. The molecule has 1 amide bonds. The van der Waals surface area contributed by atoms with E-state index in [0.29, 0.717) is 5.69 Å². The second-order valence-electron chi connectivity index (χ2n) is 3.72. The first kappa shape index (κ1) is 11.6. The van der Waals surface area contributed by atoms with Crippen molar-refractivity contribution in [3.63, 3.8) is 0 Å². The molecule has 82 valence electrons. The molecule has 0 saturated heterocycles. The van der Waals surface area contributed by atoms with E-state index in [4.69, 9.17) is 0 Å². The lowest BCUT2D eigenvalue weighted by Crippen LogP contribution is -2.36. The van der Waals surface area contributed by atoms with Crippen LogP contribution in [0.1, 0.15) is 13.8 Å². The number of hydrogen-bond acceptors (Lipinski definition) is 2. The van der Waals surface area contributed by atoms with E-state index in [1.165, 1.54) is 26.2 Å². The third kappa shape index (κ3) is 2.71. The van der Waals surface area contributed by atoms with Crippen LogP contribution in [0.15, 0.2) is 24.5 Å². The average Bonchev–Trinajstić information content (AvgIpc) is 2.18. The van der Waals surface area contributed by atoms with Gasteiger partial charge in [-0.05, 0) is 26.0 Å². The number of amides is 1. The zero-order chi connectivity index (χ0) is 11.5. The van der Waals surface area contributed by atoms with Crippen molar-refractivity contribution in [1.82, 2.24) is 4.98 Å². The lowest BCUT2D eigenvalue weighted by Gasteiger charge is -2.22. The van der Waals surface area contributed by atoms with E-state index in [1.807, 2.05) is 0 Å². The van der Waals surface area contributed by atoms with E-state index >= 15 is 0 Å². The van der Waals surface area contributed by atoms with Crippen LogP contribution in [0.4, 0.5) is 14.5 Å². The van der Waals surface area contributed by atoms with Gasteiger partial charge < -0.3 is 5.32 Å². The molecule has 1 heterocycles. The van der Waals surface area contributed by atoms with Gasteiger partial charge in [0.2, 0.25) is 5.91 Å². The number of alkyl halides is 2. The summed E-state index contributed by atoms with van der Waals surface area (Å²) < 4.78 is 25.0. The zero-order valence-electron chi connectivity index (χ0n) is 8.50. The molecule has 3 nitrogen and oxygen atoms in total. The van der Waals surface area contributed by atoms with Crippen LogP contribution in [-0.4, -0.2) is 17.3 Å². The van der Waals surface area contributed by atoms with Gasteiger partial charge in [0.1, 0.15) is 5.41 Å². The predicted molar refractivity (Wildman–Crippen MR) is 52.7 cm³/mol. The van der Waals surface area contributed by atoms with Crippen LogP contribution in [0, 0.1) is 5.41 Å². The highest BCUT2D eigenvalue weighted by Crippen LogP contribution is 2.26. The van der Waals surface area contributed by atoms with Gasteiger partial charge in [0.05, 0.1) is 11.9 Å². The van der Waals surface area contributed by atoms with Gasteiger partial charge in [0, 0.05) is 6.20 Å². The number of carbonyl (C=O) groups excluding carboxylic acids is 1. The Balaban J connectivity index is 2.72. The first-order valence-corrected chi connectivity index (χ1v) is 4.44. The highest BCUT2D eigenvalue weighted by molar-refractivity contribution is 5.94. The summed E-state index contributed by atoms with van der Waals surface area (Å²) in [5.41, 5.74) is -1.29. The van der Waals surface area contributed by atoms with Crippen LogP contribution in [0.5, 0.6) is 0 Å². The molecule has 0 radical (unpaired) electrons. The van der Waals surface area contributed by atoms with Gasteiger partial charge >= 0.3 is 0 Å². The monoisotopic (exact) mass is 214 g/mol. The normalized spacial score (nSPS) is 11.5. The molecule has 1 rings (SSSR count). The molecule has 0 aliphatic rings. The fourth-order valence-corrected chi connectivity index (χ4v) is 0.828. The first-order chi connectivity index (χ1) is 6.94. The summed E-state index contributed by atoms with van der Waals surface area (Å²) in [7, 11) is 0. The van der Waals surface area contributed by atoms with Crippen molar-refractivity contribution in [3.05, 3.63) is 24.5 Å². The van der Waals surface area contributed by atoms with Gasteiger partial charge in [0.15, 0.2) is 0 Å². The molecular formula is C10H12F2N2O. The Hall–Kier alpha value is -1.52. The number of rotatable bonds is 3. The van der Waals surface area contributed by atoms with Crippen molar-refractivity contribution in [2.24, 2.45) is 5.41 Å². The topological polar surface area (TPSA) is 42.0 Å². The number of anilines is 1. The number of halogens is 2. The van der Waals surface area contributed by atoms with Crippen molar-refractivity contribution >= 4 is 11.6 Å².